The Morgan fingerprint density at radius 1 is 1.04 bits per heavy atom. The van der Waals surface area contributed by atoms with Gasteiger partial charge >= 0.3 is 0 Å². The van der Waals surface area contributed by atoms with Crippen LogP contribution in [0.2, 0.25) is 10.0 Å². The molecule has 6 nitrogen and oxygen atoms in total. The molecule has 1 aromatic heterocycles. The Hall–Kier alpha value is -2.83. The number of amides is 1. The first kappa shape index (κ1) is 18.0. The van der Waals surface area contributed by atoms with Gasteiger partial charge in [0.15, 0.2) is 0 Å². The van der Waals surface area contributed by atoms with Crippen LogP contribution in [0, 0.1) is 0 Å². The maximum absolute atomic E-state index is 12.4. The van der Waals surface area contributed by atoms with Gasteiger partial charge in [-0.1, -0.05) is 23.2 Å². The van der Waals surface area contributed by atoms with Crippen molar-refractivity contribution >= 4 is 46.3 Å². The van der Waals surface area contributed by atoms with Crippen molar-refractivity contribution in [3.8, 4) is 5.75 Å². The molecule has 26 heavy (non-hydrogen) atoms. The summed E-state index contributed by atoms with van der Waals surface area (Å²) in [5.41, 5.74) is 1.46. The molecule has 2 aromatic carbocycles. The Kier molecular flexibility index (Phi) is 5.55. The second-order valence-corrected chi connectivity index (χ2v) is 6.06. The summed E-state index contributed by atoms with van der Waals surface area (Å²) < 4.78 is 5.09. The fourth-order valence-electron chi connectivity index (χ4n) is 2.15. The maximum Gasteiger partial charge on any atom is 0.274 e. The average Bonchev–Trinajstić information content (AvgIpc) is 2.65. The predicted molar refractivity (Wildman–Crippen MR) is 103 cm³/mol. The molecule has 0 unspecified atom stereocenters. The van der Waals surface area contributed by atoms with Crippen LogP contribution in [0.25, 0.3) is 0 Å². The molecule has 0 radical (unpaired) electrons. The van der Waals surface area contributed by atoms with Gasteiger partial charge in [-0.3, -0.25) is 4.79 Å². The van der Waals surface area contributed by atoms with E-state index in [4.69, 9.17) is 27.9 Å². The monoisotopic (exact) mass is 388 g/mol. The number of methoxy groups -OCH3 is 1. The molecule has 1 heterocycles. The number of benzene rings is 2. The summed E-state index contributed by atoms with van der Waals surface area (Å²) >= 11 is 12.0. The number of halogens is 2. The number of ether oxygens (including phenoxy) is 1. The molecule has 0 saturated carbocycles. The highest BCUT2D eigenvalue weighted by atomic mass is 35.5. The van der Waals surface area contributed by atoms with Gasteiger partial charge in [0.1, 0.15) is 23.6 Å². The first-order chi connectivity index (χ1) is 12.5. The van der Waals surface area contributed by atoms with Crippen molar-refractivity contribution in [1.29, 1.82) is 0 Å². The van der Waals surface area contributed by atoms with Gasteiger partial charge in [0.05, 0.1) is 17.8 Å². The van der Waals surface area contributed by atoms with E-state index >= 15 is 0 Å². The third kappa shape index (κ3) is 4.41. The second-order valence-electron chi connectivity index (χ2n) is 5.22. The molecule has 0 fully saturated rings. The zero-order valence-corrected chi connectivity index (χ0v) is 15.2. The number of hydrogen-bond donors (Lipinski definition) is 2. The number of anilines is 3. The van der Waals surface area contributed by atoms with E-state index < -0.39 is 0 Å². The van der Waals surface area contributed by atoms with E-state index in [-0.39, 0.29) is 11.6 Å². The number of rotatable bonds is 5. The Morgan fingerprint density at radius 2 is 1.81 bits per heavy atom. The highest BCUT2D eigenvalue weighted by Gasteiger charge is 2.10. The molecule has 132 valence electrons. The van der Waals surface area contributed by atoms with Crippen molar-refractivity contribution in [2.45, 2.75) is 0 Å². The lowest BCUT2D eigenvalue weighted by Gasteiger charge is -2.09. The van der Waals surface area contributed by atoms with Gasteiger partial charge in [-0.15, -0.1) is 0 Å². The van der Waals surface area contributed by atoms with Crippen LogP contribution in [0.1, 0.15) is 10.5 Å². The summed E-state index contributed by atoms with van der Waals surface area (Å²) in [5.74, 6) is 0.781. The predicted octanol–water partition coefficient (Wildman–Crippen LogP) is 4.79. The SMILES string of the molecule is COc1ccc(NC(=O)c2cc(Nc3ccc(Cl)cc3Cl)ncn2)cc1. The summed E-state index contributed by atoms with van der Waals surface area (Å²) in [6.07, 6.45) is 1.30. The van der Waals surface area contributed by atoms with Gasteiger partial charge in [0.2, 0.25) is 0 Å². The van der Waals surface area contributed by atoms with Crippen LogP contribution in [-0.2, 0) is 0 Å². The minimum atomic E-state index is -0.359. The highest BCUT2D eigenvalue weighted by molar-refractivity contribution is 6.36. The first-order valence-electron chi connectivity index (χ1n) is 7.54. The molecule has 2 N–H and O–H groups in total. The summed E-state index contributed by atoms with van der Waals surface area (Å²) in [7, 11) is 1.58. The smallest absolute Gasteiger partial charge is 0.274 e. The molecule has 0 bridgehead atoms. The van der Waals surface area contributed by atoms with Crippen LogP contribution in [0.4, 0.5) is 17.2 Å². The van der Waals surface area contributed by atoms with Gasteiger partial charge in [-0.25, -0.2) is 9.97 Å². The molecule has 0 spiro atoms. The molecular formula is C18H14Cl2N4O2. The van der Waals surface area contributed by atoms with E-state index in [0.29, 0.717) is 33.0 Å². The van der Waals surface area contributed by atoms with Gasteiger partial charge in [0, 0.05) is 16.8 Å². The van der Waals surface area contributed by atoms with Crippen LogP contribution in [0.5, 0.6) is 5.75 Å². The van der Waals surface area contributed by atoms with Crippen molar-refractivity contribution in [3.63, 3.8) is 0 Å². The number of nitrogens with one attached hydrogen (secondary N) is 2. The first-order valence-corrected chi connectivity index (χ1v) is 8.30. The quantitative estimate of drug-likeness (QED) is 0.656. The minimum absolute atomic E-state index is 0.211. The molecule has 1 amide bonds. The molecular weight excluding hydrogens is 375 g/mol. The molecule has 8 heteroatoms. The average molecular weight is 389 g/mol. The Labute approximate surface area is 160 Å². The third-order valence-corrected chi connectivity index (χ3v) is 3.99. The molecule has 0 aliphatic carbocycles. The Balaban J connectivity index is 1.74. The zero-order valence-electron chi connectivity index (χ0n) is 13.7. The lowest BCUT2D eigenvalue weighted by atomic mass is 10.2. The molecule has 3 aromatic rings. The lowest BCUT2D eigenvalue weighted by molar-refractivity contribution is 0.102. The molecule has 0 aliphatic rings. The number of nitrogens with zero attached hydrogens (tertiary/aromatic N) is 2. The summed E-state index contributed by atoms with van der Waals surface area (Å²) in [6.45, 7) is 0. The van der Waals surface area contributed by atoms with Crippen LogP contribution < -0.4 is 15.4 Å². The lowest BCUT2D eigenvalue weighted by Crippen LogP contribution is -2.14. The summed E-state index contributed by atoms with van der Waals surface area (Å²) in [5, 5.41) is 6.77. The van der Waals surface area contributed by atoms with Crippen molar-refractivity contribution in [2.75, 3.05) is 17.7 Å². The summed E-state index contributed by atoms with van der Waals surface area (Å²) in [6, 6.07) is 13.6. The minimum Gasteiger partial charge on any atom is -0.497 e. The maximum atomic E-state index is 12.4. The molecule has 0 aliphatic heterocycles. The van der Waals surface area contributed by atoms with E-state index in [1.54, 1.807) is 49.6 Å². The van der Waals surface area contributed by atoms with Crippen molar-refractivity contribution < 1.29 is 9.53 Å². The van der Waals surface area contributed by atoms with Gasteiger partial charge in [0.25, 0.3) is 5.91 Å². The van der Waals surface area contributed by atoms with E-state index in [2.05, 4.69) is 20.6 Å². The van der Waals surface area contributed by atoms with Crippen molar-refractivity contribution in [3.05, 3.63) is 70.6 Å². The third-order valence-electron chi connectivity index (χ3n) is 3.44. The summed E-state index contributed by atoms with van der Waals surface area (Å²) in [4.78, 5) is 20.5. The normalized spacial score (nSPS) is 10.3. The number of carbonyl (C=O) groups is 1. The topological polar surface area (TPSA) is 76.1 Å². The highest BCUT2D eigenvalue weighted by Crippen LogP contribution is 2.27. The molecule has 3 rings (SSSR count). The standard InChI is InChI=1S/C18H14Cl2N4O2/c1-26-13-5-3-12(4-6-13)23-18(25)16-9-17(22-10-21-16)24-15-7-2-11(19)8-14(15)20/h2-10H,1H3,(H,23,25)(H,21,22,24). The zero-order chi connectivity index (χ0) is 18.5. The number of carbonyl (C=O) groups excluding carboxylic acids is 1. The van der Waals surface area contributed by atoms with Crippen LogP contribution in [-0.4, -0.2) is 23.0 Å². The largest absolute Gasteiger partial charge is 0.497 e. The van der Waals surface area contributed by atoms with Gasteiger partial charge in [-0.05, 0) is 42.5 Å². The fourth-order valence-corrected chi connectivity index (χ4v) is 2.60. The van der Waals surface area contributed by atoms with E-state index in [1.165, 1.54) is 12.4 Å². The second kappa shape index (κ2) is 8.03. The number of hydrogen-bond acceptors (Lipinski definition) is 5. The number of aromatic nitrogens is 2. The van der Waals surface area contributed by atoms with E-state index in [9.17, 15) is 4.79 Å². The van der Waals surface area contributed by atoms with Crippen LogP contribution in [0.3, 0.4) is 0 Å². The van der Waals surface area contributed by atoms with Crippen molar-refractivity contribution in [2.24, 2.45) is 0 Å². The van der Waals surface area contributed by atoms with Crippen LogP contribution in [0.15, 0.2) is 54.9 Å². The van der Waals surface area contributed by atoms with Gasteiger partial charge < -0.3 is 15.4 Å². The Morgan fingerprint density at radius 3 is 2.50 bits per heavy atom. The van der Waals surface area contributed by atoms with Crippen molar-refractivity contribution in [1.82, 2.24) is 9.97 Å². The van der Waals surface area contributed by atoms with E-state index in [0.717, 1.165) is 0 Å². The van der Waals surface area contributed by atoms with E-state index in [1.807, 2.05) is 0 Å². The molecule has 0 saturated heterocycles. The van der Waals surface area contributed by atoms with Crippen LogP contribution >= 0.6 is 23.2 Å². The molecule has 0 atom stereocenters. The van der Waals surface area contributed by atoms with Gasteiger partial charge in [-0.2, -0.15) is 0 Å². The Bertz CT molecular complexity index is 933. The fraction of sp³-hybridized carbons (Fsp3) is 0.0556.